The van der Waals surface area contributed by atoms with E-state index < -0.39 is 0 Å². The molecule has 0 N–H and O–H groups in total. The van der Waals surface area contributed by atoms with Crippen LogP contribution in [0.25, 0.3) is 0 Å². The van der Waals surface area contributed by atoms with Gasteiger partial charge in [0.15, 0.2) is 0 Å². The summed E-state index contributed by atoms with van der Waals surface area (Å²) in [4.78, 5) is 6.98. The maximum atomic E-state index is 4.48. The number of aromatic nitrogens is 1. The van der Waals surface area contributed by atoms with Gasteiger partial charge in [-0.15, -0.1) is 0 Å². The maximum Gasteiger partial charge on any atom is 0.128 e. The molecule has 1 aromatic rings. The lowest BCUT2D eigenvalue weighted by Crippen LogP contribution is -2.45. The number of pyridine rings is 1. The average molecular weight is 204 g/mol. The van der Waals surface area contributed by atoms with Crippen molar-refractivity contribution >= 4 is 5.82 Å². The minimum absolute atomic E-state index is 0.638. The molecule has 0 aliphatic carbocycles. The molecule has 0 amide bonds. The van der Waals surface area contributed by atoms with E-state index in [1.165, 1.54) is 25.7 Å². The third kappa shape index (κ3) is 2.14. The van der Waals surface area contributed by atoms with E-state index in [4.69, 9.17) is 0 Å². The zero-order valence-corrected chi connectivity index (χ0v) is 9.69. The first-order valence-corrected chi connectivity index (χ1v) is 6.02. The van der Waals surface area contributed by atoms with E-state index in [1.54, 1.807) is 0 Å². The summed E-state index contributed by atoms with van der Waals surface area (Å²) in [6.07, 6.45) is 7.10. The molecule has 0 spiro atoms. The summed E-state index contributed by atoms with van der Waals surface area (Å²) in [6, 6.07) is 7.52. The fourth-order valence-corrected chi connectivity index (χ4v) is 2.61. The first kappa shape index (κ1) is 10.5. The summed E-state index contributed by atoms with van der Waals surface area (Å²) >= 11 is 0. The van der Waals surface area contributed by atoms with Crippen LogP contribution in [0.2, 0.25) is 0 Å². The van der Waals surface area contributed by atoms with Gasteiger partial charge in [0.1, 0.15) is 5.82 Å². The Balaban J connectivity index is 2.23. The van der Waals surface area contributed by atoms with E-state index >= 15 is 0 Å². The molecular weight excluding hydrogens is 184 g/mol. The molecule has 82 valence electrons. The van der Waals surface area contributed by atoms with Crippen molar-refractivity contribution in [3.63, 3.8) is 0 Å². The van der Waals surface area contributed by atoms with Crippen LogP contribution in [-0.2, 0) is 0 Å². The maximum absolute atomic E-state index is 4.48. The first-order chi connectivity index (χ1) is 7.33. The third-order valence-corrected chi connectivity index (χ3v) is 3.41. The quantitative estimate of drug-likeness (QED) is 0.735. The molecule has 0 aromatic carbocycles. The van der Waals surface area contributed by atoms with Crippen molar-refractivity contribution in [3.8, 4) is 0 Å². The Labute approximate surface area is 92.3 Å². The van der Waals surface area contributed by atoms with Crippen LogP contribution < -0.4 is 4.90 Å². The molecule has 2 unspecified atom stereocenters. The van der Waals surface area contributed by atoms with Crippen molar-refractivity contribution < 1.29 is 0 Å². The molecule has 1 fully saturated rings. The van der Waals surface area contributed by atoms with Gasteiger partial charge in [-0.05, 0) is 44.7 Å². The number of nitrogens with zero attached hydrogens (tertiary/aromatic N) is 2. The molecular formula is C13H20N2. The van der Waals surface area contributed by atoms with Crippen LogP contribution >= 0.6 is 0 Å². The van der Waals surface area contributed by atoms with Gasteiger partial charge in [0.25, 0.3) is 0 Å². The summed E-state index contributed by atoms with van der Waals surface area (Å²) in [7, 11) is 0. The minimum atomic E-state index is 0.638. The molecule has 1 aliphatic heterocycles. The van der Waals surface area contributed by atoms with E-state index in [0.717, 1.165) is 5.82 Å². The van der Waals surface area contributed by atoms with Gasteiger partial charge in [-0.1, -0.05) is 13.0 Å². The second-order valence-corrected chi connectivity index (χ2v) is 4.44. The van der Waals surface area contributed by atoms with Gasteiger partial charge < -0.3 is 4.90 Å². The molecule has 2 rings (SSSR count). The molecule has 2 atom stereocenters. The van der Waals surface area contributed by atoms with Crippen LogP contribution in [0, 0.1) is 0 Å². The van der Waals surface area contributed by atoms with Crippen LogP contribution in [0.4, 0.5) is 5.82 Å². The van der Waals surface area contributed by atoms with Gasteiger partial charge in [0.2, 0.25) is 0 Å². The summed E-state index contributed by atoms with van der Waals surface area (Å²) < 4.78 is 0. The van der Waals surface area contributed by atoms with Gasteiger partial charge in [-0.25, -0.2) is 4.98 Å². The Morgan fingerprint density at radius 2 is 2.27 bits per heavy atom. The Kier molecular flexibility index (Phi) is 3.24. The molecule has 0 radical (unpaired) electrons. The van der Waals surface area contributed by atoms with Crippen LogP contribution in [0.3, 0.4) is 0 Å². The van der Waals surface area contributed by atoms with Crippen LogP contribution in [0.15, 0.2) is 24.4 Å². The fourth-order valence-electron chi connectivity index (χ4n) is 2.61. The van der Waals surface area contributed by atoms with Gasteiger partial charge >= 0.3 is 0 Å². The molecule has 1 aromatic heterocycles. The lowest BCUT2D eigenvalue weighted by Gasteiger charge is -2.41. The summed E-state index contributed by atoms with van der Waals surface area (Å²) in [6.45, 7) is 4.59. The van der Waals surface area contributed by atoms with Crippen molar-refractivity contribution in [2.75, 3.05) is 4.90 Å². The van der Waals surface area contributed by atoms with Crippen molar-refractivity contribution in [3.05, 3.63) is 24.4 Å². The Hall–Kier alpha value is -1.05. The molecule has 2 heteroatoms. The van der Waals surface area contributed by atoms with Crippen LogP contribution in [0.5, 0.6) is 0 Å². The molecule has 0 saturated carbocycles. The largest absolute Gasteiger partial charge is 0.351 e. The Morgan fingerprint density at radius 3 is 2.93 bits per heavy atom. The monoisotopic (exact) mass is 204 g/mol. The van der Waals surface area contributed by atoms with Crippen molar-refractivity contribution in [1.29, 1.82) is 0 Å². The lowest BCUT2D eigenvalue weighted by molar-refractivity contribution is 0.386. The number of piperidine rings is 1. The molecule has 2 nitrogen and oxygen atoms in total. The van der Waals surface area contributed by atoms with E-state index in [0.29, 0.717) is 12.1 Å². The van der Waals surface area contributed by atoms with Crippen molar-refractivity contribution in [2.24, 2.45) is 0 Å². The zero-order valence-electron chi connectivity index (χ0n) is 9.69. The number of anilines is 1. The molecule has 15 heavy (non-hydrogen) atoms. The second kappa shape index (κ2) is 4.65. The summed E-state index contributed by atoms with van der Waals surface area (Å²) in [5.41, 5.74) is 0. The van der Waals surface area contributed by atoms with Gasteiger partial charge in [-0.3, -0.25) is 0 Å². The van der Waals surface area contributed by atoms with Gasteiger partial charge in [0, 0.05) is 18.3 Å². The topological polar surface area (TPSA) is 16.1 Å². The van der Waals surface area contributed by atoms with Crippen LogP contribution in [0.1, 0.15) is 39.5 Å². The second-order valence-electron chi connectivity index (χ2n) is 4.44. The first-order valence-electron chi connectivity index (χ1n) is 6.02. The van der Waals surface area contributed by atoms with E-state index in [2.05, 4.69) is 35.9 Å². The number of rotatable bonds is 2. The molecule has 2 heterocycles. The van der Waals surface area contributed by atoms with E-state index in [1.807, 2.05) is 12.3 Å². The SMILES string of the molecule is CCC1CCCC(C)N1c1ccccn1. The number of hydrogen-bond donors (Lipinski definition) is 0. The minimum Gasteiger partial charge on any atom is -0.351 e. The Morgan fingerprint density at radius 1 is 1.40 bits per heavy atom. The van der Waals surface area contributed by atoms with Gasteiger partial charge in [-0.2, -0.15) is 0 Å². The van der Waals surface area contributed by atoms with Gasteiger partial charge in [0.05, 0.1) is 0 Å². The molecule has 1 saturated heterocycles. The third-order valence-electron chi connectivity index (χ3n) is 3.41. The molecule has 0 bridgehead atoms. The number of hydrogen-bond acceptors (Lipinski definition) is 2. The summed E-state index contributed by atoms with van der Waals surface area (Å²) in [5.74, 6) is 1.15. The standard InChI is InChI=1S/C13H20N2/c1-3-12-8-6-7-11(2)15(12)13-9-4-5-10-14-13/h4-5,9-12H,3,6-8H2,1-2H3. The average Bonchev–Trinajstić information content (AvgIpc) is 2.29. The highest BCUT2D eigenvalue weighted by atomic mass is 15.2. The predicted molar refractivity (Wildman–Crippen MR) is 64.1 cm³/mol. The lowest BCUT2D eigenvalue weighted by atomic mass is 9.95. The van der Waals surface area contributed by atoms with Crippen molar-refractivity contribution in [2.45, 2.75) is 51.6 Å². The molecule has 1 aliphatic rings. The Bertz CT molecular complexity index is 297. The highest BCUT2D eigenvalue weighted by molar-refractivity contribution is 5.41. The van der Waals surface area contributed by atoms with E-state index in [9.17, 15) is 0 Å². The van der Waals surface area contributed by atoms with Crippen molar-refractivity contribution in [1.82, 2.24) is 4.98 Å². The highest BCUT2D eigenvalue weighted by Crippen LogP contribution is 2.28. The zero-order chi connectivity index (χ0) is 10.7. The van der Waals surface area contributed by atoms with E-state index in [-0.39, 0.29) is 0 Å². The summed E-state index contributed by atoms with van der Waals surface area (Å²) in [5, 5.41) is 0. The predicted octanol–water partition coefficient (Wildman–Crippen LogP) is 3.24. The normalized spacial score (nSPS) is 26.7. The highest BCUT2D eigenvalue weighted by Gasteiger charge is 2.27. The van der Waals surface area contributed by atoms with Crippen LogP contribution in [-0.4, -0.2) is 17.1 Å². The fraction of sp³-hybridized carbons (Fsp3) is 0.615. The smallest absolute Gasteiger partial charge is 0.128 e.